The number of carbonyl (C=O) groups is 2. The van der Waals surface area contributed by atoms with Crippen molar-refractivity contribution in [3.05, 3.63) is 41.5 Å². The van der Waals surface area contributed by atoms with Gasteiger partial charge in [0, 0.05) is 17.6 Å². The van der Waals surface area contributed by atoms with E-state index in [1.165, 1.54) is 0 Å². The van der Waals surface area contributed by atoms with Gasteiger partial charge in [-0.1, -0.05) is 18.7 Å². The van der Waals surface area contributed by atoms with Crippen LogP contribution in [-0.2, 0) is 14.3 Å². The molecule has 0 radical (unpaired) electrons. The topological polar surface area (TPSA) is 52.6 Å². The van der Waals surface area contributed by atoms with Crippen LogP contribution in [0.3, 0.4) is 0 Å². The van der Waals surface area contributed by atoms with Crippen LogP contribution in [0.2, 0.25) is 0 Å². The average Bonchev–Trinajstić information content (AvgIpc) is 2.70. The van der Waals surface area contributed by atoms with Gasteiger partial charge in [0.1, 0.15) is 11.9 Å². The van der Waals surface area contributed by atoms with Gasteiger partial charge in [-0.2, -0.15) is 0 Å². The lowest BCUT2D eigenvalue weighted by molar-refractivity contribution is -0.144. The SMILES string of the molecule is C=C(C)C(=O)OCC(=O)C1CC2Oc3cccc1c32. The molecule has 1 heterocycles. The van der Waals surface area contributed by atoms with Crippen LogP contribution in [0.1, 0.15) is 36.5 Å². The Kier molecular flexibility index (Phi) is 2.66. The van der Waals surface area contributed by atoms with Gasteiger partial charge in [-0.25, -0.2) is 4.79 Å². The highest BCUT2D eigenvalue weighted by atomic mass is 16.5. The molecule has 0 bridgehead atoms. The smallest absolute Gasteiger partial charge is 0.333 e. The van der Waals surface area contributed by atoms with Crippen molar-refractivity contribution >= 4 is 11.8 Å². The normalized spacial score (nSPS) is 21.9. The van der Waals surface area contributed by atoms with Crippen LogP contribution in [-0.4, -0.2) is 18.4 Å². The van der Waals surface area contributed by atoms with Gasteiger partial charge >= 0.3 is 5.97 Å². The number of carbonyl (C=O) groups excluding carboxylic acids is 2. The van der Waals surface area contributed by atoms with Crippen LogP contribution in [0, 0.1) is 0 Å². The molecule has 0 amide bonds. The Morgan fingerprint density at radius 1 is 1.47 bits per heavy atom. The van der Waals surface area contributed by atoms with Crippen LogP contribution >= 0.6 is 0 Å². The first kappa shape index (κ1) is 12.0. The summed E-state index contributed by atoms with van der Waals surface area (Å²) in [7, 11) is 0. The molecule has 1 aliphatic heterocycles. The quantitative estimate of drug-likeness (QED) is 0.614. The maximum absolute atomic E-state index is 12.1. The number of benzene rings is 1. The van der Waals surface area contributed by atoms with E-state index in [4.69, 9.17) is 9.47 Å². The fourth-order valence-electron chi connectivity index (χ4n) is 2.64. The molecule has 98 valence electrons. The van der Waals surface area contributed by atoms with E-state index in [0.29, 0.717) is 12.0 Å². The molecule has 2 atom stereocenters. The summed E-state index contributed by atoms with van der Waals surface area (Å²) >= 11 is 0. The third-order valence-corrected chi connectivity index (χ3v) is 3.60. The number of rotatable bonds is 4. The summed E-state index contributed by atoms with van der Waals surface area (Å²) in [4.78, 5) is 23.4. The molecule has 0 saturated carbocycles. The zero-order valence-electron chi connectivity index (χ0n) is 10.6. The zero-order chi connectivity index (χ0) is 13.6. The summed E-state index contributed by atoms with van der Waals surface area (Å²) in [6, 6.07) is 5.74. The predicted molar refractivity (Wildman–Crippen MR) is 67.9 cm³/mol. The third-order valence-electron chi connectivity index (χ3n) is 3.60. The van der Waals surface area contributed by atoms with E-state index in [1.54, 1.807) is 6.92 Å². The predicted octanol–water partition coefficient (Wildman–Crippen LogP) is 2.30. The molecule has 1 aromatic carbocycles. The van der Waals surface area contributed by atoms with E-state index in [2.05, 4.69) is 6.58 Å². The first-order valence-corrected chi connectivity index (χ1v) is 6.22. The van der Waals surface area contributed by atoms with Gasteiger partial charge in [0.15, 0.2) is 12.4 Å². The van der Waals surface area contributed by atoms with Crippen molar-refractivity contribution in [2.24, 2.45) is 0 Å². The Labute approximate surface area is 111 Å². The molecule has 2 aliphatic rings. The highest BCUT2D eigenvalue weighted by molar-refractivity contribution is 5.93. The van der Waals surface area contributed by atoms with Gasteiger partial charge in [-0.3, -0.25) is 4.79 Å². The summed E-state index contributed by atoms with van der Waals surface area (Å²) in [6.07, 6.45) is 0.687. The van der Waals surface area contributed by atoms with Gasteiger partial charge in [-0.15, -0.1) is 0 Å². The molecule has 2 unspecified atom stereocenters. The molecule has 1 aliphatic carbocycles. The summed E-state index contributed by atoms with van der Waals surface area (Å²) in [5.74, 6) is 0.0427. The summed E-state index contributed by atoms with van der Waals surface area (Å²) in [5.41, 5.74) is 2.46. The van der Waals surface area contributed by atoms with E-state index in [-0.39, 0.29) is 24.4 Å². The fraction of sp³-hybridized carbons (Fsp3) is 0.333. The minimum atomic E-state index is -0.525. The van der Waals surface area contributed by atoms with E-state index < -0.39 is 5.97 Å². The zero-order valence-corrected chi connectivity index (χ0v) is 10.6. The van der Waals surface area contributed by atoms with Crippen LogP contribution in [0.5, 0.6) is 5.75 Å². The monoisotopic (exact) mass is 258 g/mol. The van der Waals surface area contributed by atoms with Crippen molar-refractivity contribution in [2.75, 3.05) is 6.61 Å². The number of ketones is 1. The molecular formula is C15H14O4. The Morgan fingerprint density at radius 3 is 3.00 bits per heavy atom. The number of esters is 1. The van der Waals surface area contributed by atoms with Crippen molar-refractivity contribution in [1.82, 2.24) is 0 Å². The van der Waals surface area contributed by atoms with Crippen molar-refractivity contribution in [1.29, 1.82) is 0 Å². The molecule has 4 heteroatoms. The van der Waals surface area contributed by atoms with Gasteiger partial charge in [0.2, 0.25) is 0 Å². The second-order valence-corrected chi connectivity index (χ2v) is 4.98. The second-order valence-electron chi connectivity index (χ2n) is 4.98. The maximum Gasteiger partial charge on any atom is 0.333 e. The number of hydrogen-bond donors (Lipinski definition) is 0. The van der Waals surface area contributed by atoms with E-state index >= 15 is 0 Å². The fourth-order valence-corrected chi connectivity index (χ4v) is 2.64. The van der Waals surface area contributed by atoms with Gasteiger partial charge in [0.05, 0.1) is 5.92 Å². The highest BCUT2D eigenvalue weighted by Crippen LogP contribution is 2.53. The molecule has 3 rings (SSSR count). The molecule has 4 nitrogen and oxygen atoms in total. The summed E-state index contributed by atoms with van der Waals surface area (Å²) in [6.45, 7) is 4.84. The lowest BCUT2D eigenvalue weighted by Crippen LogP contribution is -2.19. The first-order valence-electron chi connectivity index (χ1n) is 6.22. The first-order chi connectivity index (χ1) is 9.08. The average molecular weight is 258 g/mol. The van der Waals surface area contributed by atoms with Crippen molar-refractivity contribution in [3.63, 3.8) is 0 Å². The van der Waals surface area contributed by atoms with E-state index in [1.807, 2.05) is 18.2 Å². The summed E-state index contributed by atoms with van der Waals surface area (Å²) in [5, 5.41) is 0. The van der Waals surface area contributed by atoms with E-state index in [9.17, 15) is 9.59 Å². The molecule has 19 heavy (non-hydrogen) atoms. The lowest BCUT2D eigenvalue weighted by atomic mass is 9.97. The van der Waals surface area contributed by atoms with Gasteiger partial charge in [-0.05, 0) is 18.6 Å². The van der Waals surface area contributed by atoms with Crippen LogP contribution < -0.4 is 4.74 Å². The van der Waals surface area contributed by atoms with Gasteiger partial charge in [0.25, 0.3) is 0 Å². The molecule has 0 spiro atoms. The molecular weight excluding hydrogens is 244 g/mol. The molecule has 0 aromatic heterocycles. The molecule has 0 N–H and O–H groups in total. The maximum atomic E-state index is 12.1. The number of Topliss-reactive ketones (excluding diaryl/α,β-unsaturated/α-hetero) is 1. The van der Waals surface area contributed by atoms with Crippen molar-refractivity contribution in [3.8, 4) is 5.75 Å². The minimum Gasteiger partial charge on any atom is -0.485 e. The Hall–Kier alpha value is -2.10. The van der Waals surface area contributed by atoms with Crippen LogP contribution in [0.25, 0.3) is 0 Å². The molecule has 1 aromatic rings. The van der Waals surface area contributed by atoms with Crippen LogP contribution in [0.4, 0.5) is 0 Å². The van der Waals surface area contributed by atoms with Crippen molar-refractivity contribution in [2.45, 2.75) is 25.4 Å². The summed E-state index contributed by atoms with van der Waals surface area (Å²) < 4.78 is 10.5. The standard InChI is InChI=1S/C15H14O4/c1-8(2)15(17)18-7-11(16)10-6-13-14-9(10)4-3-5-12(14)19-13/h3-5,10,13H,1,6-7H2,2H3. The van der Waals surface area contributed by atoms with E-state index in [0.717, 1.165) is 16.9 Å². The Bertz CT molecular complexity index is 588. The number of hydrogen-bond acceptors (Lipinski definition) is 4. The second kappa shape index (κ2) is 4.23. The van der Waals surface area contributed by atoms with Crippen molar-refractivity contribution < 1.29 is 19.1 Å². The van der Waals surface area contributed by atoms with Gasteiger partial charge < -0.3 is 9.47 Å². The highest BCUT2D eigenvalue weighted by Gasteiger charge is 2.44. The minimum absolute atomic E-state index is 0.0389. The van der Waals surface area contributed by atoms with Crippen LogP contribution in [0.15, 0.2) is 30.4 Å². The third kappa shape index (κ3) is 1.84. The molecule has 0 fully saturated rings. The largest absolute Gasteiger partial charge is 0.485 e. The Balaban J connectivity index is 1.70. The Morgan fingerprint density at radius 2 is 2.26 bits per heavy atom. The lowest BCUT2D eigenvalue weighted by Gasteiger charge is -2.27. The number of ether oxygens (including phenoxy) is 2. The molecule has 0 saturated heterocycles.